The van der Waals surface area contributed by atoms with Gasteiger partial charge in [0.2, 0.25) is 0 Å². The maximum atomic E-state index is 13.6. The minimum Gasteiger partial charge on any atom is -0.283 e. The summed E-state index contributed by atoms with van der Waals surface area (Å²) in [5, 5.41) is 13.3. The van der Waals surface area contributed by atoms with Crippen molar-refractivity contribution in [3.63, 3.8) is 0 Å². The summed E-state index contributed by atoms with van der Waals surface area (Å²) in [4.78, 5) is 20.7. The maximum Gasteiger partial charge on any atom is 0.263 e. The number of aromatic nitrogens is 4. The van der Waals surface area contributed by atoms with Crippen LogP contribution in [0.1, 0.15) is 23.3 Å². The summed E-state index contributed by atoms with van der Waals surface area (Å²) in [6.07, 6.45) is 6.06. The molecule has 0 bridgehead atoms. The van der Waals surface area contributed by atoms with Crippen LogP contribution in [0, 0.1) is 0 Å². The molecule has 7 heteroatoms. The van der Waals surface area contributed by atoms with Crippen LogP contribution in [0.5, 0.6) is 0 Å². The molecule has 34 heavy (non-hydrogen) atoms. The van der Waals surface area contributed by atoms with Gasteiger partial charge in [-0.05, 0) is 43.0 Å². The zero-order valence-electron chi connectivity index (χ0n) is 18.5. The Labute approximate surface area is 205 Å². The summed E-state index contributed by atoms with van der Waals surface area (Å²) in [6.45, 7) is 4.28. The molecule has 5 aromatic rings. The van der Waals surface area contributed by atoms with E-state index in [0.29, 0.717) is 11.7 Å². The van der Waals surface area contributed by atoms with Gasteiger partial charge in [0.05, 0.1) is 5.39 Å². The number of hydrogen-bond donors (Lipinski definition) is 0. The zero-order valence-corrected chi connectivity index (χ0v) is 20.2. The zero-order chi connectivity index (χ0) is 23.1. The molecule has 0 unspecified atom stereocenters. The lowest BCUT2D eigenvalue weighted by Crippen LogP contribution is -2.23. The summed E-state index contributed by atoms with van der Waals surface area (Å²) in [5.41, 5.74) is 3.09. The van der Waals surface area contributed by atoms with E-state index in [1.54, 1.807) is 22.0 Å². The summed E-state index contributed by atoms with van der Waals surface area (Å²) >= 11 is 3.07. The second-order valence-corrected chi connectivity index (χ2v) is 10.4. The quantitative estimate of drug-likeness (QED) is 0.218. The monoisotopic (exact) mass is 482 g/mol. The second kappa shape index (κ2) is 8.81. The van der Waals surface area contributed by atoms with Crippen molar-refractivity contribution in [2.45, 2.75) is 42.4 Å². The molecule has 0 amide bonds. The normalized spacial score (nSPS) is 13.3. The molecule has 6 rings (SSSR count). The third kappa shape index (κ3) is 3.56. The van der Waals surface area contributed by atoms with Crippen LogP contribution in [0.25, 0.3) is 32.2 Å². The van der Waals surface area contributed by atoms with Crippen LogP contribution in [0.2, 0.25) is 0 Å². The van der Waals surface area contributed by atoms with Gasteiger partial charge >= 0.3 is 0 Å². The molecule has 3 aromatic heterocycles. The van der Waals surface area contributed by atoms with Crippen LogP contribution < -0.4 is 5.56 Å². The molecule has 5 nitrogen and oxygen atoms in total. The van der Waals surface area contributed by atoms with Crippen LogP contribution in [0.3, 0.4) is 0 Å². The van der Waals surface area contributed by atoms with E-state index in [9.17, 15) is 4.79 Å². The first-order valence-corrected chi connectivity index (χ1v) is 13.0. The molecule has 0 radical (unpaired) electrons. The first-order chi connectivity index (χ1) is 16.7. The lowest BCUT2D eigenvalue weighted by molar-refractivity contribution is 0.667. The van der Waals surface area contributed by atoms with Gasteiger partial charge in [-0.25, -0.2) is 4.98 Å². The minimum atomic E-state index is 0.0185. The average molecular weight is 483 g/mol. The Morgan fingerprint density at radius 3 is 2.59 bits per heavy atom. The van der Waals surface area contributed by atoms with E-state index >= 15 is 0 Å². The number of fused-ring (bicyclic) bond motifs is 4. The molecule has 0 saturated heterocycles. The van der Waals surface area contributed by atoms with Gasteiger partial charge in [-0.2, -0.15) is 0 Å². The molecular weight excluding hydrogens is 460 g/mol. The fraction of sp³-hybridized carbons (Fsp3) is 0.185. The standard InChI is InChI=1S/C27H22N4OS2/c1-2-16-31-26(32)22-20-14-8-9-15-21(20)33-25(22)28-27(31)34-24-19-13-7-6-12-18(19)23(29-30-24)17-10-4-3-5-11-17/h2-7,10-13H,1,8-9,14-16H2. The lowest BCUT2D eigenvalue weighted by Gasteiger charge is -2.13. The number of thiophene rings is 1. The summed E-state index contributed by atoms with van der Waals surface area (Å²) in [5.74, 6) is 0. The van der Waals surface area contributed by atoms with E-state index in [4.69, 9.17) is 4.98 Å². The van der Waals surface area contributed by atoms with Crippen molar-refractivity contribution in [2.75, 3.05) is 0 Å². The predicted octanol–water partition coefficient (Wildman–Crippen LogP) is 6.28. The Hall–Kier alpha value is -3.29. The average Bonchev–Trinajstić information content (AvgIpc) is 3.25. The van der Waals surface area contributed by atoms with Crippen molar-refractivity contribution in [3.8, 4) is 11.3 Å². The molecule has 1 aliphatic rings. The third-order valence-corrected chi connectivity index (χ3v) is 8.41. The van der Waals surface area contributed by atoms with Gasteiger partial charge in [0.1, 0.15) is 15.6 Å². The van der Waals surface area contributed by atoms with Gasteiger partial charge in [-0.1, -0.05) is 60.7 Å². The number of aryl methyl sites for hydroxylation is 2. The summed E-state index contributed by atoms with van der Waals surface area (Å²) < 4.78 is 1.73. The molecule has 0 atom stereocenters. The molecule has 168 valence electrons. The fourth-order valence-electron chi connectivity index (χ4n) is 4.64. The van der Waals surface area contributed by atoms with Gasteiger partial charge < -0.3 is 0 Å². The third-order valence-electron chi connectivity index (χ3n) is 6.24. The highest BCUT2D eigenvalue weighted by Gasteiger charge is 2.23. The highest BCUT2D eigenvalue weighted by molar-refractivity contribution is 7.99. The van der Waals surface area contributed by atoms with E-state index in [2.05, 4.69) is 28.9 Å². The summed E-state index contributed by atoms with van der Waals surface area (Å²) in [7, 11) is 0. The van der Waals surface area contributed by atoms with Crippen LogP contribution in [-0.4, -0.2) is 19.7 Å². The van der Waals surface area contributed by atoms with E-state index in [1.807, 2.05) is 42.5 Å². The fourth-order valence-corrected chi connectivity index (χ4v) is 6.89. The van der Waals surface area contributed by atoms with Gasteiger partial charge in [0.15, 0.2) is 5.16 Å². The Morgan fingerprint density at radius 2 is 1.76 bits per heavy atom. The minimum absolute atomic E-state index is 0.0185. The first kappa shape index (κ1) is 21.3. The highest BCUT2D eigenvalue weighted by Crippen LogP contribution is 2.37. The van der Waals surface area contributed by atoms with Crippen LogP contribution in [0.4, 0.5) is 0 Å². The SMILES string of the molecule is C=CCn1c(Sc2nnc(-c3ccccc3)c3ccccc23)nc2sc3c(c2c1=O)CCCC3. The number of hydrogen-bond acceptors (Lipinski definition) is 6. The maximum absolute atomic E-state index is 13.6. The molecular formula is C27H22N4OS2. The molecule has 1 aliphatic carbocycles. The predicted molar refractivity (Wildman–Crippen MR) is 140 cm³/mol. The Balaban J connectivity index is 1.51. The van der Waals surface area contributed by atoms with Crippen LogP contribution in [-0.2, 0) is 19.4 Å². The summed E-state index contributed by atoms with van der Waals surface area (Å²) in [6, 6.07) is 18.2. The highest BCUT2D eigenvalue weighted by atomic mass is 32.2. The number of benzene rings is 2. The van der Waals surface area contributed by atoms with Gasteiger partial charge in [0.25, 0.3) is 5.56 Å². The first-order valence-electron chi connectivity index (χ1n) is 11.4. The van der Waals surface area contributed by atoms with Crippen molar-refractivity contribution in [1.82, 2.24) is 19.7 Å². The Bertz CT molecular complexity index is 1600. The number of nitrogens with zero attached hydrogens (tertiary/aromatic N) is 4. The molecule has 2 aromatic carbocycles. The molecule has 3 heterocycles. The smallest absolute Gasteiger partial charge is 0.263 e. The molecule has 0 fully saturated rings. The second-order valence-electron chi connectivity index (χ2n) is 8.36. The molecule has 0 N–H and O–H groups in total. The van der Waals surface area contributed by atoms with E-state index < -0.39 is 0 Å². The van der Waals surface area contributed by atoms with Crippen molar-refractivity contribution < 1.29 is 0 Å². The van der Waals surface area contributed by atoms with Crippen molar-refractivity contribution in [2.24, 2.45) is 0 Å². The number of rotatable bonds is 5. The van der Waals surface area contributed by atoms with E-state index in [1.165, 1.54) is 28.6 Å². The van der Waals surface area contributed by atoms with Crippen LogP contribution >= 0.6 is 23.1 Å². The van der Waals surface area contributed by atoms with Crippen molar-refractivity contribution >= 4 is 44.1 Å². The van der Waals surface area contributed by atoms with E-state index in [-0.39, 0.29) is 5.56 Å². The Kier molecular flexibility index (Phi) is 5.51. The van der Waals surface area contributed by atoms with Crippen molar-refractivity contribution in [3.05, 3.63) is 88.0 Å². The molecule has 0 aliphatic heterocycles. The van der Waals surface area contributed by atoms with Crippen LogP contribution in [0.15, 0.2) is 82.2 Å². The van der Waals surface area contributed by atoms with Crippen molar-refractivity contribution in [1.29, 1.82) is 0 Å². The number of allylic oxidation sites excluding steroid dienone is 1. The van der Waals surface area contributed by atoms with Gasteiger partial charge in [-0.15, -0.1) is 28.1 Å². The van der Waals surface area contributed by atoms with Gasteiger partial charge in [0, 0.05) is 27.8 Å². The topological polar surface area (TPSA) is 60.7 Å². The lowest BCUT2D eigenvalue weighted by atomic mass is 9.97. The molecule has 0 saturated carbocycles. The molecule has 0 spiro atoms. The van der Waals surface area contributed by atoms with E-state index in [0.717, 1.165) is 56.5 Å². The Morgan fingerprint density at radius 1 is 1.00 bits per heavy atom. The van der Waals surface area contributed by atoms with Gasteiger partial charge in [-0.3, -0.25) is 9.36 Å². The largest absolute Gasteiger partial charge is 0.283 e.